The Balaban J connectivity index is 1.44. The van der Waals surface area contributed by atoms with Crippen molar-refractivity contribution in [2.75, 3.05) is 59.9 Å². The highest BCUT2D eigenvalue weighted by Gasteiger charge is 2.47. The lowest BCUT2D eigenvalue weighted by molar-refractivity contribution is -0.147. The summed E-state index contributed by atoms with van der Waals surface area (Å²) in [4.78, 5) is 39.5. The molecule has 1 unspecified atom stereocenters. The molecule has 0 saturated carbocycles. The van der Waals surface area contributed by atoms with Gasteiger partial charge in [-0.3, -0.25) is 19.5 Å². The molecule has 224 valence electrons. The fourth-order valence-electron chi connectivity index (χ4n) is 6.48. The van der Waals surface area contributed by atoms with Crippen LogP contribution in [0.5, 0.6) is 0 Å². The van der Waals surface area contributed by atoms with Crippen LogP contribution in [0, 0.1) is 0 Å². The van der Waals surface area contributed by atoms with Gasteiger partial charge in [0.1, 0.15) is 5.54 Å². The lowest BCUT2D eigenvalue weighted by atomic mass is 9.82. The molecule has 0 aliphatic carbocycles. The van der Waals surface area contributed by atoms with E-state index in [0.717, 1.165) is 63.1 Å². The first-order valence-corrected chi connectivity index (χ1v) is 15.8. The van der Waals surface area contributed by atoms with Gasteiger partial charge in [0.05, 0.1) is 16.5 Å². The second-order valence-electron chi connectivity index (χ2n) is 11.7. The monoisotopic (exact) mass is 601 g/mol. The number of nitrogens with zero attached hydrogens (tertiary/aromatic N) is 5. The molecule has 2 amide bonds. The first kappa shape index (κ1) is 31.7. The molecule has 1 aromatic heterocycles. The predicted octanol–water partition coefficient (Wildman–Crippen LogP) is 5.36. The lowest BCUT2D eigenvalue weighted by Gasteiger charge is -2.50. The van der Waals surface area contributed by atoms with Crippen LogP contribution in [0.25, 0.3) is 0 Å². The minimum absolute atomic E-state index is 0.107. The summed E-state index contributed by atoms with van der Waals surface area (Å²) in [6.45, 7) is 7.99. The highest BCUT2D eigenvalue weighted by molar-refractivity contribution is 6.42. The summed E-state index contributed by atoms with van der Waals surface area (Å²) < 4.78 is 0. The van der Waals surface area contributed by atoms with Crippen molar-refractivity contribution in [3.8, 4) is 0 Å². The number of rotatable bonds is 11. The molecule has 1 aromatic carbocycles. The number of carbonyl (C=O) groups excluding carboxylic acids is 2. The van der Waals surface area contributed by atoms with Crippen LogP contribution in [0.3, 0.4) is 0 Å². The third-order valence-electron chi connectivity index (χ3n) is 8.94. The number of hydrogen-bond acceptors (Lipinski definition) is 5. The van der Waals surface area contributed by atoms with Crippen LogP contribution >= 0.6 is 23.2 Å². The molecule has 2 aromatic rings. The van der Waals surface area contributed by atoms with Crippen LogP contribution < -0.4 is 0 Å². The van der Waals surface area contributed by atoms with Gasteiger partial charge in [0.2, 0.25) is 11.8 Å². The Labute approximate surface area is 255 Å². The van der Waals surface area contributed by atoms with Gasteiger partial charge in [-0.15, -0.1) is 0 Å². The van der Waals surface area contributed by atoms with Crippen molar-refractivity contribution in [1.29, 1.82) is 0 Å². The van der Waals surface area contributed by atoms with Gasteiger partial charge in [-0.05, 0) is 94.1 Å². The van der Waals surface area contributed by atoms with E-state index in [2.05, 4.69) is 14.8 Å². The molecule has 0 radical (unpaired) electrons. The fourth-order valence-corrected chi connectivity index (χ4v) is 6.79. The second kappa shape index (κ2) is 14.8. The van der Waals surface area contributed by atoms with E-state index >= 15 is 0 Å². The Morgan fingerprint density at radius 3 is 2.27 bits per heavy atom. The van der Waals surface area contributed by atoms with Gasteiger partial charge in [0.25, 0.3) is 0 Å². The highest BCUT2D eigenvalue weighted by Crippen LogP contribution is 2.34. The Hall–Kier alpha value is -2.19. The van der Waals surface area contributed by atoms with Crippen molar-refractivity contribution in [3.63, 3.8) is 0 Å². The van der Waals surface area contributed by atoms with Crippen molar-refractivity contribution in [2.24, 2.45) is 0 Å². The molecule has 2 saturated heterocycles. The van der Waals surface area contributed by atoms with Crippen molar-refractivity contribution in [2.45, 2.75) is 63.3 Å². The van der Waals surface area contributed by atoms with Gasteiger partial charge in [-0.25, -0.2) is 0 Å². The zero-order valence-electron chi connectivity index (χ0n) is 24.8. The lowest BCUT2D eigenvalue weighted by Crippen LogP contribution is -2.64. The summed E-state index contributed by atoms with van der Waals surface area (Å²) >= 11 is 12.7. The van der Waals surface area contributed by atoms with E-state index < -0.39 is 0 Å². The van der Waals surface area contributed by atoms with Crippen LogP contribution in [0.4, 0.5) is 0 Å². The average Bonchev–Trinajstić information content (AvgIpc) is 2.99. The van der Waals surface area contributed by atoms with Crippen LogP contribution in [0.15, 0.2) is 42.7 Å². The van der Waals surface area contributed by atoms with Crippen molar-refractivity contribution in [1.82, 2.24) is 24.6 Å². The first-order chi connectivity index (χ1) is 19.7. The molecule has 0 N–H and O–H groups in total. The third-order valence-corrected chi connectivity index (χ3v) is 9.68. The zero-order chi connectivity index (χ0) is 29.4. The van der Waals surface area contributed by atoms with Crippen LogP contribution in [0.2, 0.25) is 10.0 Å². The van der Waals surface area contributed by atoms with E-state index in [4.69, 9.17) is 23.2 Å². The minimum Gasteiger partial charge on any atom is -0.347 e. The summed E-state index contributed by atoms with van der Waals surface area (Å²) in [7, 11) is 3.77. The number of benzene rings is 1. The average molecular weight is 603 g/mol. The zero-order valence-corrected chi connectivity index (χ0v) is 26.3. The third kappa shape index (κ3) is 8.01. The highest BCUT2D eigenvalue weighted by atomic mass is 35.5. The predicted molar refractivity (Wildman–Crippen MR) is 167 cm³/mol. The number of pyridine rings is 1. The van der Waals surface area contributed by atoms with Crippen molar-refractivity contribution >= 4 is 35.0 Å². The van der Waals surface area contributed by atoms with Gasteiger partial charge in [0.15, 0.2) is 0 Å². The minimum atomic E-state index is -0.387. The number of aromatic nitrogens is 1. The Morgan fingerprint density at radius 2 is 1.66 bits per heavy atom. The summed E-state index contributed by atoms with van der Waals surface area (Å²) in [5, 5.41) is 1.07. The van der Waals surface area contributed by atoms with E-state index in [0.29, 0.717) is 29.6 Å². The molecular formula is C32H45Cl2N5O2. The molecule has 0 spiro atoms. The van der Waals surface area contributed by atoms with Gasteiger partial charge in [-0.1, -0.05) is 35.7 Å². The molecule has 41 heavy (non-hydrogen) atoms. The number of halogens is 2. The molecule has 4 rings (SSSR count). The molecule has 2 aliphatic heterocycles. The van der Waals surface area contributed by atoms with Gasteiger partial charge in [0, 0.05) is 58.6 Å². The normalized spacial score (nSPS) is 18.6. The molecule has 9 heteroatoms. The quantitative estimate of drug-likeness (QED) is 0.347. The van der Waals surface area contributed by atoms with Crippen LogP contribution in [-0.4, -0.2) is 102 Å². The summed E-state index contributed by atoms with van der Waals surface area (Å²) in [5.74, 6) is 0.470. The Bertz CT molecular complexity index is 1150. The maximum absolute atomic E-state index is 13.5. The van der Waals surface area contributed by atoms with Gasteiger partial charge >= 0.3 is 0 Å². The topological polar surface area (TPSA) is 60.0 Å². The molecule has 2 aliphatic rings. The molecule has 7 nitrogen and oxygen atoms in total. The SMILES string of the molecule is CCN(CC(CCN1CCC(C(=O)N(C)C)(N2CCCCC2)CC1)c1ccc(Cl)c(Cl)c1)C(=O)Cc1ccncc1. The van der Waals surface area contributed by atoms with Crippen molar-refractivity contribution < 1.29 is 9.59 Å². The number of piperidine rings is 2. The largest absolute Gasteiger partial charge is 0.347 e. The first-order valence-electron chi connectivity index (χ1n) is 15.0. The van der Waals surface area contributed by atoms with Gasteiger partial charge in [-0.2, -0.15) is 0 Å². The van der Waals surface area contributed by atoms with Gasteiger partial charge < -0.3 is 14.7 Å². The van der Waals surface area contributed by atoms with E-state index in [1.165, 1.54) is 19.3 Å². The van der Waals surface area contributed by atoms with Crippen molar-refractivity contribution in [3.05, 3.63) is 63.9 Å². The molecule has 1 atom stereocenters. The second-order valence-corrected chi connectivity index (χ2v) is 12.6. The van der Waals surface area contributed by atoms with Crippen LogP contribution in [0.1, 0.15) is 62.5 Å². The standard InChI is InChI=1S/C32H45Cl2N5O2/c1-4-38(30(40)22-25-10-15-35-16-11-25)24-27(26-8-9-28(33)29(34)23-26)12-19-37-20-13-32(14-21-37,31(41)36(2)3)39-17-6-5-7-18-39/h8-11,15-16,23,27H,4-7,12-14,17-22,24H2,1-3H3. The Kier molecular flexibility index (Phi) is 11.5. The van der Waals surface area contributed by atoms with E-state index in [9.17, 15) is 9.59 Å². The number of carbonyl (C=O) groups is 2. The smallest absolute Gasteiger partial charge is 0.242 e. The number of likely N-dealkylation sites (tertiary alicyclic amines) is 2. The Morgan fingerprint density at radius 1 is 0.976 bits per heavy atom. The molecule has 3 heterocycles. The summed E-state index contributed by atoms with van der Waals surface area (Å²) in [6, 6.07) is 9.62. The van der Waals surface area contributed by atoms with E-state index in [1.54, 1.807) is 17.3 Å². The fraction of sp³-hybridized carbons (Fsp3) is 0.594. The summed E-state index contributed by atoms with van der Waals surface area (Å²) in [6.07, 6.45) is 10.00. The molecule has 2 fully saturated rings. The number of amides is 2. The maximum atomic E-state index is 13.5. The van der Waals surface area contributed by atoms with Crippen LogP contribution in [-0.2, 0) is 16.0 Å². The van der Waals surface area contributed by atoms with E-state index in [-0.39, 0.29) is 23.3 Å². The van der Waals surface area contributed by atoms with E-state index in [1.807, 2.05) is 56.3 Å². The number of likely N-dealkylation sites (N-methyl/N-ethyl adjacent to an activating group) is 2. The number of hydrogen-bond donors (Lipinski definition) is 0. The summed E-state index contributed by atoms with van der Waals surface area (Å²) in [5.41, 5.74) is 1.67. The molecular weight excluding hydrogens is 557 g/mol. The maximum Gasteiger partial charge on any atom is 0.242 e. The molecule has 0 bridgehead atoms.